The number of rotatable bonds is 6. The Bertz CT molecular complexity index is 791. The molecule has 0 unspecified atom stereocenters. The fraction of sp³-hybridized carbons (Fsp3) is 0.462. The van der Waals surface area contributed by atoms with Gasteiger partial charge in [-0.3, -0.25) is 0 Å². The highest BCUT2D eigenvalue weighted by atomic mass is 32.3. The molecular weight excluding hydrogens is 426 g/mol. The fourth-order valence-corrected chi connectivity index (χ4v) is 3.07. The van der Waals surface area contributed by atoms with Gasteiger partial charge < -0.3 is 4.13 Å². The molecule has 0 atom stereocenters. The van der Waals surface area contributed by atoms with Crippen LogP contribution in [0, 0.1) is 0 Å². The third-order valence-corrected chi connectivity index (χ3v) is 5.41. The average molecular weight is 442 g/mol. The van der Waals surface area contributed by atoms with Gasteiger partial charge in [0.2, 0.25) is 0 Å². The molecule has 0 radical (unpaired) electrons. The average Bonchev–Trinajstić information content (AvgIpc) is 2.50. The minimum Gasteiger partial charge on any atom is -0.421 e. The molecule has 0 aliphatic rings. The van der Waals surface area contributed by atoms with Crippen molar-refractivity contribution in [2.24, 2.45) is 0 Å². The lowest BCUT2D eigenvalue weighted by Gasteiger charge is -2.22. The van der Waals surface area contributed by atoms with E-state index in [1.807, 2.05) is 6.08 Å². The van der Waals surface area contributed by atoms with Gasteiger partial charge in [0, 0.05) is 18.1 Å². The van der Waals surface area contributed by atoms with Crippen molar-refractivity contribution in [3.8, 4) is 0 Å². The van der Waals surface area contributed by atoms with Crippen molar-refractivity contribution in [1.82, 2.24) is 0 Å². The summed E-state index contributed by atoms with van der Waals surface area (Å²) >= 11 is 0. The number of alkyl halides is 6. The number of pyridine rings is 1. The smallest absolute Gasteiger partial charge is 0.421 e. The number of halogens is 6. The van der Waals surface area contributed by atoms with Crippen LogP contribution in [0.15, 0.2) is 31.1 Å². The summed E-state index contributed by atoms with van der Waals surface area (Å²) < 4.78 is 111. The van der Waals surface area contributed by atoms with Crippen molar-refractivity contribution in [2.45, 2.75) is 37.3 Å². The Morgan fingerprint density at radius 2 is 1.56 bits per heavy atom. The van der Waals surface area contributed by atoms with E-state index in [9.17, 15) is 43.2 Å². The number of nitrogens with zero attached hydrogens (tertiary/aromatic N) is 2. The number of aryl methyl sites for hydroxylation is 1. The molecule has 1 aromatic heterocycles. The van der Waals surface area contributed by atoms with Crippen LogP contribution < -0.4 is 4.57 Å². The molecule has 0 aromatic carbocycles. The summed E-state index contributed by atoms with van der Waals surface area (Å²) in [5.41, 5.74) is -11.2. The van der Waals surface area contributed by atoms with E-state index in [0.717, 1.165) is 10.7 Å². The summed E-state index contributed by atoms with van der Waals surface area (Å²) in [5, 5.41) is 0. The highest BCUT2D eigenvalue weighted by Crippen LogP contribution is 2.36. The van der Waals surface area contributed by atoms with Gasteiger partial charge in [0.25, 0.3) is 0 Å². The molecule has 0 bridgehead atoms. The van der Waals surface area contributed by atoms with E-state index >= 15 is 0 Å². The number of hydrogen-bond acceptors (Lipinski definition) is 4. The maximum absolute atomic E-state index is 11.4. The summed E-state index contributed by atoms with van der Waals surface area (Å²) in [6, 6.07) is 4.13. The second-order valence-corrected chi connectivity index (χ2v) is 8.27. The molecule has 1 heterocycles. The predicted octanol–water partition coefficient (Wildman–Crippen LogP) is 3.48. The first kappa shape index (κ1) is 25.3. The Morgan fingerprint density at radius 1 is 1.07 bits per heavy atom. The predicted molar refractivity (Wildman–Crippen MR) is 84.9 cm³/mol. The number of unbranched alkanes of at least 4 members (excludes halogenated alkanes) is 1. The molecular formula is C13H16F6N2O4S2. The normalized spacial score (nSPS) is 12.9. The summed E-state index contributed by atoms with van der Waals surface area (Å²) in [5.74, 6) is 0. The SMILES string of the molecule is C=Cc1ccc[n+](CCCC)c1.O=S(=O)([N-]S(=O)(=O)C(F)(F)F)C(F)(F)F. The number of sulfonamides is 2. The van der Waals surface area contributed by atoms with Gasteiger partial charge in [-0.15, -0.1) is 0 Å². The van der Waals surface area contributed by atoms with Crippen LogP contribution in [-0.2, 0) is 26.6 Å². The Hall–Kier alpha value is -1.67. The van der Waals surface area contributed by atoms with Crippen LogP contribution in [0.25, 0.3) is 10.2 Å². The fourth-order valence-electron chi connectivity index (χ4n) is 1.36. The van der Waals surface area contributed by atoms with Crippen molar-refractivity contribution < 1.29 is 47.7 Å². The molecule has 0 aliphatic heterocycles. The maximum atomic E-state index is 11.4. The second kappa shape index (κ2) is 9.50. The van der Waals surface area contributed by atoms with Crippen LogP contribution in [0.2, 0.25) is 0 Å². The molecule has 27 heavy (non-hydrogen) atoms. The molecule has 1 aromatic rings. The summed E-state index contributed by atoms with van der Waals surface area (Å²) in [6.07, 6.45) is 8.59. The zero-order valence-electron chi connectivity index (χ0n) is 13.8. The van der Waals surface area contributed by atoms with E-state index in [-0.39, 0.29) is 0 Å². The molecule has 0 N–H and O–H groups in total. The van der Waals surface area contributed by atoms with Crippen LogP contribution in [0.3, 0.4) is 0 Å². The summed E-state index contributed by atoms with van der Waals surface area (Å²) in [7, 11) is -13.4. The van der Waals surface area contributed by atoms with Crippen LogP contribution in [0.4, 0.5) is 26.3 Å². The molecule has 0 amide bonds. The van der Waals surface area contributed by atoms with Crippen LogP contribution in [0.5, 0.6) is 0 Å². The Kier molecular flexibility index (Phi) is 8.92. The second-order valence-electron chi connectivity index (χ2n) is 4.85. The zero-order chi connectivity index (χ0) is 21.5. The molecule has 1 rings (SSSR count). The minimum absolute atomic E-state index is 0.778. The van der Waals surface area contributed by atoms with E-state index in [0.29, 0.717) is 0 Å². The first-order valence-corrected chi connectivity index (χ1v) is 9.93. The van der Waals surface area contributed by atoms with E-state index in [1.165, 1.54) is 18.4 Å². The standard InChI is InChI=1S/C11H16N.C2F6NO4S2/c1-3-5-8-12-9-6-7-11(4-2)10-12;3-1(4,5)14(10,11)9-15(12,13)2(6,7)8/h4,6-7,9-10H,2-3,5,8H2,1H3;/q+1;-1. The molecule has 0 saturated heterocycles. The van der Waals surface area contributed by atoms with Crippen LogP contribution in [-0.4, -0.2) is 27.9 Å². The molecule has 14 heteroatoms. The third kappa shape index (κ3) is 8.26. The van der Waals surface area contributed by atoms with E-state index in [1.54, 1.807) is 0 Å². The van der Waals surface area contributed by atoms with Gasteiger partial charge in [-0.1, -0.05) is 26.0 Å². The molecule has 0 spiro atoms. The van der Waals surface area contributed by atoms with Gasteiger partial charge >= 0.3 is 11.0 Å². The lowest BCUT2D eigenvalue weighted by molar-refractivity contribution is -0.697. The van der Waals surface area contributed by atoms with Crippen LogP contribution >= 0.6 is 0 Å². The Labute approximate surface area is 152 Å². The minimum atomic E-state index is -6.72. The highest BCUT2D eigenvalue weighted by Gasteiger charge is 2.46. The number of hydrogen-bond donors (Lipinski definition) is 0. The third-order valence-electron chi connectivity index (χ3n) is 2.67. The van der Waals surface area contributed by atoms with Crippen molar-refractivity contribution in [3.63, 3.8) is 0 Å². The molecule has 6 nitrogen and oxygen atoms in total. The van der Waals surface area contributed by atoms with Gasteiger partial charge in [-0.05, 0) is 6.07 Å². The quantitative estimate of drug-likeness (QED) is 0.499. The molecule has 0 saturated carbocycles. The lowest BCUT2D eigenvalue weighted by atomic mass is 10.2. The maximum Gasteiger partial charge on any atom is 0.480 e. The Balaban J connectivity index is 0.000000511. The highest BCUT2D eigenvalue weighted by molar-refractivity contribution is 8.13. The largest absolute Gasteiger partial charge is 0.480 e. The topological polar surface area (TPSA) is 86.3 Å². The van der Waals surface area contributed by atoms with E-state index in [4.69, 9.17) is 0 Å². The van der Waals surface area contributed by atoms with Gasteiger partial charge in [0.05, 0.1) is 0 Å². The summed E-state index contributed by atoms with van der Waals surface area (Å²) in [6.45, 7) is 7.05. The van der Waals surface area contributed by atoms with Gasteiger partial charge in [0.15, 0.2) is 32.4 Å². The Morgan fingerprint density at radius 3 is 1.93 bits per heavy atom. The first-order valence-electron chi connectivity index (χ1n) is 7.05. The van der Waals surface area contributed by atoms with Crippen LogP contribution in [0.1, 0.15) is 25.3 Å². The van der Waals surface area contributed by atoms with Gasteiger partial charge in [-0.2, -0.15) is 26.3 Å². The molecule has 156 valence electrons. The number of aromatic nitrogens is 1. The van der Waals surface area contributed by atoms with Gasteiger partial charge in [-0.25, -0.2) is 21.4 Å². The van der Waals surface area contributed by atoms with Crippen molar-refractivity contribution in [3.05, 3.63) is 40.8 Å². The van der Waals surface area contributed by atoms with Crippen molar-refractivity contribution in [1.29, 1.82) is 0 Å². The molecule has 0 aliphatic carbocycles. The van der Waals surface area contributed by atoms with E-state index < -0.39 is 31.1 Å². The van der Waals surface area contributed by atoms with Gasteiger partial charge in [0.1, 0.15) is 6.54 Å². The first-order chi connectivity index (χ1) is 12.1. The summed E-state index contributed by atoms with van der Waals surface area (Å²) in [4.78, 5) is 0. The monoisotopic (exact) mass is 442 g/mol. The zero-order valence-corrected chi connectivity index (χ0v) is 15.5. The van der Waals surface area contributed by atoms with Crippen molar-refractivity contribution in [2.75, 3.05) is 0 Å². The van der Waals surface area contributed by atoms with E-state index in [2.05, 4.69) is 42.6 Å². The lowest BCUT2D eigenvalue weighted by Crippen LogP contribution is -2.32. The molecule has 0 fully saturated rings. The van der Waals surface area contributed by atoms with Crippen molar-refractivity contribution >= 4 is 26.1 Å².